The molecule has 3 aromatic rings. The monoisotopic (exact) mass is 444 g/mol. The Bertz CT molecular complexity index is 1070. The zero-order chi connectivity index (χ0) is 23.1. The van der Waals surface area contributed by atoms with Crippen LogP contribution in [0.2, 0.25) is 0 Å². The van der Waals surface area contributed by atoms with Crippen LogP contribution in [0, 0.1) is 13.8 Å². The molecule has 0 aliphatic rings. The van der Waals surface area contributed by atoms with Gasteiger partial charge in [0.05, 0.1) is 12.0 Å². The highest BCUT2D eigenvalue weighted by molar-refractivity contribution is 5.78. The second kappa shape index (κ2) is 10.1. The molecule has 0 bridgehead atoms. The number of carbonyl (C=O) groups excluding carboxylic acids is 1. The lowest BCUT2D eigenvalue weighted by Crippen LogP contribution is -2.30. The second-order valence-electron chi connectivity index (χ2n) is 7.18. The molecule has 0 unspecified atom stereocenters. The first-order valence-corrected chi connectivity index (χ1v) is 9.91. The van der Waals surface area contributed by atoms with Gasteiger partial charge >= 0.3 is 6.18 Å². The molecule has 7 nitrogen and oxygen atoms in total. The highest BCUT2D eigenvalue weighted by Gasteiger charge is 2.29. The Morgan fingerprint density at radius 2 is 1.66 bits per heavy atom. The maximum absolute atomic E-state index is 12.6. The van der Waals surface area contributed by atoms with Crippen molar-refractivity contribution in [1.82, 2.24) is 20.3 Å². The Morgan fingerprint density at radius 1 is 0.938 bits per heavy atom. The van der Waals surface area contributed by atoms with Crippen LogP contribution in [0.15, 0.2) is 48.7 Å². The summed E-state index contributed by atoms with van der Waals surface area (Å²) >= 11 is 0. The maximum atomic E-state index is 12.6. The number of nitrogens with zero attached hydrogens (tertiary/aromatic N) is 3. The van der Waals surface area contributed by atoms with Crippen LogP contribution in [0.3, 0.4) is 0 Å². The van der Waals surface area contributed by atoms with E-state index in [9.17, 15) is 18.0 Å². The largest absolute Gasteiger partial charge is 0.416 e. The number of aromatic nitrogens is 3. The van der Waals surface area contributed by atoms with Crippen LogP contribution >= 0.6 is 0 Å². The standard InChI is InChI=1S/C22H23F3N6O/c1-14-7-8-26-18(11-14)31-20-13-19(29-15(2)30-20)27-9-10-28-21(32)12-16-3-5-17(6-4-16)22(23,24)25/h3-8,11,13H,9-10,12H2,1-2H3,(H,28,32)(H2,26,27,29,30,31). The van der Waals surface area contributed by atoms with Gasteiger partial charge in [-0.25, -0.2) is 15.0 Å². The van der Waals surface area contributed by atoms with E-state index in [0.29, 0.717) is 41.9 Å². The van der Waals surface area contributed by atoms with Crippen LogP contribution in [0.1, 0.15) is 22.5 Å². The lowest BCUT2D eigenvalue weighted by atomic mass is 10.1. The van der Waals surface area contributed by atoms with Crippen molar-refractivity contribution in [2.45, 2.75) is 26.4 Å². The van der Waals surface area contributed by atoms with E-state index in [0.717, 1.165) is 17.7 Å². The van der Waals surface area contributed by atoms with Crippen molar-refractivity contribution in [3.05, 3.63) is 71.2 Å². The predicted molar refractivity (Wildman–Crippen MR) is 116 cm³/mol. The van der Waals surface area contributed by atoms with Crippen LogP contribution in [0.5, 0.6) is 0 Å². The molecule has 0 aliphatic heterocycles. The number of hydrogen-bond donors (Lipinski definition) is 3. The van der Waals surface area contributed by atoms with Gasteiger partial charge in [-0.3, -0.25) is 4.79 Å². The first kappa shape index (κ1) is 23.0. The van der Waals surface area contributed by atoms with Crippen LogP contribution in [0.4, 0.5) is 30.6 Å². The van der Waals surface area contributed by atoms with Gasteiger partial charge in [0.2, 0.25) is 5.91 Å². The molecule has 32 heavy (non-hydrogen) atoms. The van der Waals surface area contributed by atoms with Crippen molar-refractivity contribution >= 4 is 23.4 Å². The van der Waals surface area contributed by atoms with E-state index in [1.807, 2.05) is 19.1 Å². The van der Waals surface area contributed by atoms with Gasteiger partial charge < -0.3 is 16.0 Å². The molecule has 168 valence electrons. The number of rotatable bonds is 8. The van der Waals surface area contributed by atoms with E-state index in [1.54, 1.807) is 19.2 Å². The summed E-state index contributed by atoms with van der Waals surface area (Å²) in [5.41, 5.74) is 0.840. The average molecular weight is 444 g/mol. The number of alkyl halides is 3. The molecule has 0 aliphatic carbocycles. The van der Waals surface area contributed by atoms with Crippen molar-refractivity contribution < 1.29 is 18.0 Å². The third-order valence-electron chi connectivity index (χ3n) is 4.41. The quantitative estimate of drug-likeness (QED) is 0.455. The van der Waals surface area contributed by atoms with Crippen LogP contribution in [-0.4, -0.2) is 33.9 Å². The molecule has 0 radical (unpaired) electrons. The van der Waals surface area contributed by atoms with Gasteiger partial charge in [-0.15, -0.1) is 0 Å². The minimum absolute atomic E-state index is 0.00229. The summed E-state index contributed by atoms with van der Waals surface area (Å²) in [6, 6.07) is 10.1. The summed E-state index contributed by atoms with van der Waals surface area (Å²) in [4.78, 5) is 24.9. The molecular formula is C22H23F3N6O. The van der Waals surface area contributed by atoms with Crippen LogP contribution in [-0.2, 0) is 17.4 Å². The molecule has 0 saturated carbocycles. The number of aryl methyl sites for hydroxylation is 2. The summed E-state index contributed by atoms with van der Waals surface area (Å²) in [5, 5.41) is 8.98. The summed E-state index contributed by atoms with van der Waals surface area (Å²) in [7, 11) is 0. The van der Waals surface area contributed by atoms with Gasteiger partial charge in [0, 0.05) is 25.4 Å². The van der Waals surface area contributed by atoms with Gasteiger partial charge in [-0.05, 0) is 49.2 Å². The van der Waals surface area contributed by atoms with Crippen molar-refractivity contribution in [2.75, 3.05) is 23.7 Å². The molecule has 0 saturated heterocycles. The number of nitrogens with one attached hydrogen (secondary N) is 3. The van der Waals surface area contributed by atoms with E-state index in [2.05, 4.69) is 30.9 Å². The van der Waals surface area contributed by atoms with E-state index in [4.69, 9.17) is 0 Å². The van der Waals surface area contributed by atoms with E-state index in [-0.39, 0.29) is 12.3 Å². The zero-order valence-corrected chi connectivity index (χ0v) is 17.6. The Labute approximate surface area is 183 Å². The predicted octanol–water partition coefficient (Wildman–Crippen LogP) is 4.02. The van der Waals surface area contributed by atoms with Crippen molar-refractivity contribution in [1.29, 1.82) is 0 Å². The van der Waals surface area contributed by atoms with E-state index >= 15 is 0 Å². The lowest BCUT2D eigenvalue weighted by molar-refractivity contribution is -0.137. The Hall–Kier alpha value is -3.69. The molecule has 0 atom stereocenters. The molecule has 1 aromatic carbocycles. The Balaban J connectivity index is 1.47. The molecule has 2 aromatic heterocycles. The van der Waals surface area contributed by atoms with E-state index in [1.165, 1.54) is 12.1 Å². The van der Waals surface area contributed by atoms with Gasteiger partial charge in [-0.2, -0.15) is 13.2 Å². The minimum Gasteiger partial charge on any atom is -0.368 e. The van der Waals surface area contributed by atoms with E-state index < -0.39 is 11.7 Å². The third kappa shape index (κ3) is 6.93. The first-order chi connectivity index (χ1) is 15.2. The molecule has 2 heterocycles. The molecule has 3 N–H and O–H groups in total. The van der Waals surface area contributed by atoms with Gasteiger partial charge in [-0.1, -0.05) is 12.1 Å². The van der Waals surface area contributed by atoms with Crippen LogP contribution < -0.4 is 16.0 Å². The minimum atomic E-state index is -4.39. The number of pyridine rings is 1. The Morgan fingerprint density at radius 3 is 2.34 bits per heavy atom. The smallest absolute Gasteiger partial charge is 0.368 e. The van der Waals surface area contributed by atoms with Gasteiger partial charge in [0.1, 0.15) is 23.3 Å². The fraction of sp³-hybridized carbons (Fsp3) is 0.273. The highest BCUT2D eigenvalue weighted by Crippen LogP contribution is 2.29. The topological polar surface area (TPSA) is 91.8 Å². The molecule has 10 heteroatoms. The number of halogens is 3. The maximum Gasteiger partial charge on any atom is 0.416 e. The SMILES string of the molecule is Cc1ccnc(Nc2cc(NCCNC(=O)Cc3ccc(C(F)(F)F)cc3)nc(C)n2)c1. The number of hydrogen-bond acceptors (Lipinski definition) is 6. The molecular weight excluding hydrogens is 421 g/mol. The molecule has 0 spiro atoms. The van der Waals surface area contributed by atoms with Gasteiger partial charge in [0.25, 0.3) is 0 Å². The normalized spacial score (nSPS) is 11.2. The lowest BCUT2D eigenvalue weighted by Gasteiger charge is -2.11. The fourth-order valence-electron chi connectivity index (χ4n) is 2.91. The van der Waals surface area contributed by atoms with Crippen molar-refractivity contribution in [3.8, 4) is 0 Å². The number of carbonyl (C=O) groups is 1. The number of anilines is 3. The second-order valence-corrected chi connectivity index (χ2v) is 7.18. The molecule has 1 amide bonds. The van der Waals surface area contributed by atoms with Crippen molar-refractivity contribution in [2.24, 2.45) is 0 Å². The zero-order valence-electron chi connectivity index (χ0n) is 17.6. The number of amides is 1. The molecule has 3 rings (SSSR count). The number of benzene rings is 1. The Kier molecular flexibility index (Phi) is 7.24. The van der Waals surface area contributed by atoms with Crippen molar-refractivity contribution in [3.63, 3.8) is 0 Å². The third-order valence-corrected chi connectivity index (χ3v) is 4.41. The fourth-order valence-corrected chi connectivity index (χ4v) is 2.91. The first-order valence-electron chi connectivity index (χ1n) is 9.91. The van der Waals surface area contributed by atoms with Gasteiger partial charge in [0.15, 0.2) is 0 Å². The summed E-state index contributed by atoms with van der Waals surface area (Å²) < 4.78 is 37.8. The van der Waals surface area contributed by atoms with Crippen LogP contribution in [0.25, 0.3) is 0 Å². The summed E-state index contributed by atoms with van der Waals surface area (Å²) in [6.07, 6.45) is -2.68. The summed E-state index contributed by atoms with van der Waals surface area (Å²) in [6.45, 7) is 4.48. The highest BCUT2D eigenvalue weighted by atomic mass is 19.4. The average Bonchev–Trinajstić information content (AvgIpc) is 2.70. The molecule has 0 fully saturated rings. The summed E-state index contributed by atoms with van der Waals surface area (Å²) in [5.74, 6) is 2.13.